The first-order chi connectivity index (χ1) is 14.3. The van der Waals surface area contributed by atoms with Gasteiger partial charge in [-0.15, -0.1) is 23.1 Å². The molecule has 0 radical (unpaired) electrons. The monoisotopic (exact) mass is 418 g/mol. The van der Waals surface area contributed by atoms with Crippen molar-refractivity contribution in [2.45, 2.75) is 17.1 Å². The van der Waals surface area contributed by atoms with Gasteiger partial charge in [0.2, 0.25) is 5.91 Å². The van der Waals surface area contributed by atoms with Gasteiger partial charge in [0.05, 0.1) is 12.1 Å². The Kier molecular flexibility index (Phi) is 6.29. The van der Waals surface area contributed by atoms with Crippen LogP contribution in [0.4, 0.5) is 5.69 Å². The highest BCUT2D eigenvalue weighted by molar-refractivity contribution is 7.98. The molecule has 7 heteroatoms. The van der Waals surface area contributed by atoms with E-state index in [4.69, 9.17) is 0 Å². The molecule has 1 amide bonds. The zero-order valence-electron chi connectivity index (χ0n) is 15.5. The molecule has 4 aromatic rings. The summed E-state index contributed by atoms with van der Waals surface area (Å²) in [7, 11) is 0. The first-order valence-electron chi connectivity index (χ1n) is 9.03. The lowest BCUT2D eigenvalue weighted by atomic mass is 10.2. The SMILES string of the molecule is O=C(Cc1csc(-c2cccnc2)n1)Nc1ccc(SCc2cccnc2)cc1. The minimum Gasteiger partial charge on any atom is -0.326 e. The predicted octanol–water partition coefficient (Wildman–Crippen LogP) is 5.07. The summed E-state index contributed by atoms with van der Waals surface area (Å²) in [6, 6.07) is 15.7. The van der Waals surface area contributed by atoms with Gasteiger partial charge in [-0.2, -0.15) is 0 Å². The number of carbonyl (C=O) groups is 1. The molecule has 4 rings (SSSR count). The third kappa shape index (κ3) is 5.49. The van der Waals surface area contributed by atoms with Crippen LogP contribution in [0.15, 0.2) is 83.6 Å². The molecule has 0 spiro atoms. The molecule has 0 fully saturated rings. The zero-order valence-corrected chi connectivity index (χ0v) is 17.1. The Labute approximate surface area is 177 Å². The van der Waals surface area contributed by atoms with Gasteiger partial charge in [0.25, 0.3) is 0 Å². The molecule has 3 heterocycles. The molecule has 0 atom stereocenters. The van der Waals surface area contributed by atoms with Crippen LogP contribution in [-0.2, 0) is 17.0 Å². The molecule has 5 nitrogen and oxygen atoms in total. The molecule has 0 saturated carbocycles. The Morgan fingerprint density at radius 3 is 2.52 bits per heavy atom. The Balaban J connectivity index is 1.30. The van der Waals surface area contributed by atoms with Crippen molar-refractivity contribution in [3.63, 3.8) is 0 Å². The number of nitrogens with one attached hydrogen (secondary N) is 1. The van der Waals surface area contributed by atoms with Crippen LogP contribution < -0.4 is 5.32 Å². The van der Waals surface area contributed by atoms with Gasteiger partial charge in [-0.25, -0.2) is 4.98 Å². The van der Waals surface area contributed by atoms with E-state index in [0.29, 0.717) is 0 Å². The van der Waals surface area contributed by atoms with E-state index < -0.39 is 0 Å². The summed E-state index contributed by atoms with van der Waals surface area (Å²) in [5.74, 6) is 0.784. The van der Waals surface area contributed by atoms with Crippen LogP contribution in [0.5, 0.6) is 0 Å². The van der Waals surface area contributed by atoms with Crippen LogP contribution in [0, 0.1) is 0 Å². The van der Waals surface area contributed by atoms with Crippen LogP contribution in [0.2, 0.25) is 0 Å². The molecule has 1 N–H and O–H groups in total. The molecule has 3 aromatic heterocycles. The van der Waals surface area contributed by atoms with E-state index in [9.17, 15) is 4.79 Å². The molecule has 0 bridgehead atoms. The first-order valence-corrected chi connectivity index (χ1v) is 10.9. The molecule has 144 valence electrons. The maximum atomic E-state index is 12.4. The quantitative estimate of drug-likeness (QED) is 0.424. The van der Waals surface area contributed by atoms with Gasteiger partial charge < -0.3 is 5.32 Å². The summed E-state index contributed by atoms with van der Waals surface area (Å²) < 4.78 is 0. The van der Waals surface area contributed by atoms with Crippen molar-refractivity contribution in [3.8, 4) is 10.6 Å². The smallest absolute Gasteiger partial charge is 0.230 e. The minimum atomic E-state index is -0.0798. The Hall–Kier alpha value is -3.03. The second-order valence-electron chi connectivity index (χ2n) is 6.28. The van der Waals surface area contributed by atoms with Crippen molar-refractivity contribution in [1.29, 1.82) is 0 Å². The van der Waals surface area contributed by atoms with Crippen LogP contribution in [-0.4, -0.2) is 20.9 Å². The van der Waals surface area contributed by atoms with Crippen molar-refractivity contribution in [1.82, 2.24) is 15.0 Å². The minimum absolute atomic E-state index is 0.0798. The maximum absolute atomic E-state index is 12.4. The van der Waals surface area contributed by atoms with Gasteiger partial charge in [-0.3, -0.25) is 14.8 Å². The number of thioether (sulfide) groups is 1. The van der Waals surface area contributed by atoms with E-state index in [2.05, 4.69) is 26.3 Å². The topological polar surface area (TPSA) is 67.8 Å². The van der Waals surface area contributed by atoms with Crippen LogP contribution in [0.1, 0.15) is 11.3 Å². The molecule has 0 aliphatic carbocycles. The lowest BCUT2D eigenvalue weighted by Gasteiger charge is -2.06. The number of benzene rings is 1. The summed E-state index contributed by atoms with van der Waals surface area (Å²) in [4.78, 5) is 26.3. The van der Waals surface area contributed by atoms with Gasteiger partial charge in [-0.1, -0.05) is 6.07 Å². The average Bonchev–Trinajstić information content (AvgIpc) is 3.23. The lowest BCUT2D eigenvalue weighted by molar-refractivity contribution is -0.115. The van der Waals surface area contributed by atoms with E-state index >= 15 is 0 Å². The van der Waals surface area contributed by atoms with Crippen LogP contribution in [0.3, 0.4) is 0 Å². The van der Waals surface area contributed by atoms with Gasteiger partial charge in [0, 0.05) is 52.1 Å². The standard InChI is InChI=1S/C22H18N4OS2/c27-21(11-19-15-29-22(26-19)17-4-2-10-24-13-17)25-18-5-7-20(8-6-18)28-14-16-3-1-9-23-12-16/h1-10,12-13,15H,11,14H2,(H,25,27). The van der Waals surface area contributed by atoms with Crippen molar-refractivity contribution < 1.29 is 4.79 Å². The van der Waals surface area contributed by atoms with E-state index in [1.807, 2.05) is 54.0 Å². The number of anilines is 1. The number of hydrogen-bond donors (Lipinski definition) is 1. The van der Waals surface area contributed by atoms with Gasteiger partial charge >= 0.3 is 0 Å². The number of nitrogens with zero attached hydrogens (tertiary/aromatic N) is 3. The Bertz CT molecular complexity index is 1070. The molecule has 0 saturated heterocycles. The van der Waals surface area contributed by atoms with Crippen molar-refractivity contribution in [2.75, 3.05) is 5.32 Å². The van der Waals surface area contributed by atoms with Gasteiger partial charge in [0.15, 0.2) is 0 Å². The second kappa shape index (κ2) is 9.45. The number of carbonyl (C=O) groups excluding carboxylic acids is 1. The van der Waals surface area contributed by atoms with Crippen LogP contribution in [0.25, 0.3) is 10.6 Å². The number of thiazole rings is 1. The number of aromatic nitrogens is 3. The maximum Gasteiger partial charge on any atom is 0.230 e. The first kappa shape index (κ1) is 19.3. The van der Waals surface area contributed by atoms with E-state index in [0.717, 1.165) is 32.6 Å². The van der Waals surface area contributed by atoms with Crippen molar-refractivity contribution in [2.24, 2.45) is 0 Å². The highest BCUT2D eigenvalue weighted by Crippen LogP contribution is 2.25. The van der Waals surface area contributed by atoms with E-state index in [1.165, 1.54) is 16.9 Å². The fourth-order valence-electron chi connectivity index (χ4n) is 2.66. The number of rotatable bonds is 7. The number of amides is 1. The fraction of sp³-hybridized carbons (Fsp3) is 0.0909. The molecule has 1 aromatic carbocycles. The summed E-state index contributed by atoms with van der Waals surface area (Å²) >= 11 is 3.26. The summed E-state index contributed by atoms with van der Waals surface area (Å²) in [6.07, 6.45) is 7.40. The Morgan fingerprint density at radius 2 is 1.79 bits per heavy atom. The number of hydrogen-bond acceptors (Lipinski definition) is 6. The highest BCUT2D eigenvalue weighted by atomic mass is 32.2. The second-order valence-corrected chi connectivity index (χ2v) is 8.19. The van der Waals surface area contributed by atoms with Gasteiger partial charge in [0.1, 0.15) is 5.01 Å². The third-order valence-electron chi connectivity index (χ3n) is 4.07. The average molecular weight is 419 g/mol. The van der Waals surface area contributed by atoms with E-state index in [1.54, 1.807) is 30.4 Å². The largest absolute Gasteiger partial charge is 0.326 e. The number of pyridine rings is 2. The highest BCUT2D eigenvalue weighted by Gasteiger charge is 2.09. The van der Waals surface area contributed by atoms with Crippen LogP contribution >= 0.6 is 23.1 Å². The Morgan fingerprint density at radius 1 is 1.00 bits per heavy atom. The summed E-state index contributed by atoms with van der Waals surface area (Å²) in [5.41, 5.74) is 3.69. The van der Waals surface area contributed by atoms with Crippen molar-refractivity contribution in [3.05, 3.63) is 90.0 Å². The molecule has 0 aliphatic heterocycles. The lowest BCUT2D eigenvalue weighted by Crippen LogP contribution is -2.14. The molecular weight excluding hydrogens is 400 g/mol. The fourth-order valence-corrected chi connectivity index (χ4v) is 4.31. The summed E-state index contributed by atoms with van der Waals surface area (Å²) in [5, 5.41) is 5.72. The van der Waals surface area contributed by atoms with E-state index in [-0.39, 0.29) is 12.3 Å². The zero-order chi connectivity index (χ0) is 19.9. The van der Waals surface area contributed by atoms with Gasteiger partial charge in [-0.05, 0) is 48.0 Å². The molecule has 0 aliphatic rings. The molecular formula is C22H18N4OS2. The predicted molar refractivity (Wildman–Crippen MR) is 118 cm³/mol. The molecule has 29 heavy (non-hydrogen) atoms. The summed E-state index contributed by atoms with van der Waals surface area (Å²) in [6.45, 7) is 0. The van der Waals surface area contributed by atoms with Crippen molar-refractivity contribution >= 4 is 34.7 Å². The third-order valence-corrected chi connectivity index (χ3v) is 6.09. The normalized spacial score (nSPS) is 10.6. The molecule has 0 unspecified atom stereocenters.